The van der Waals surface area contributed by atoms with Crippen molar-refractivity contribution in [2.24, 2.45) is 0 Å². The molecule has 0 spiro atoms. The van der Waals surface area contributed by atoms with Gasteiger partial charge in [-0.1, -0.05) is 12.8 Å². The van der Waals surface area contributed by atoms with Gasteiger partial charge in [-0.15, -0.1) is 0 Å². The first-order chi connectivity index (χ1) is 13.8. The molecule has 12 nitrogen and oxygen atoms in total. The number of ether oxygens (including phenoxy) is 2. The van der Waals surface area contributed by atoms with Crippen LogP contribution in [0.4, 0.5) is 5.82 Å². The molecule has 4 atom stereocenters. The molecule has 1 aliphatic rings. The van der Waals surface area contributed by atoms with Crippen molar-refractivity contribution < 1.29 is 34.5 Å². The van der Waals surface area contributed by atoms with Gasteiger partial charge in [0.05, 0.1) is 0 Å². The molecule has 1 aliphatic heterocycles. The fraction of sp³-hybridized carbons (Fsp3) is 0.647. The van der Waals surface area contributed by atoms with E-state index in [0.29, 0.717) is 19.3 Å². The number of nitrogens with zero attached hydrogens (tertiary/aromatic N) is 2. The van der Waals surface area contributed by atoms with Gasteiger partial charge in [-0.2, -0.15) is 4.98 Å². The van der Waals surface area contributed by atoms with Crippen molar-refractivity contribution in [2.45, 2.75) is 63.1 Å². The zero-order valence-electron chi connectivity index (χ0n) is 15.8. The van der Waals surface area contributed by atoms with Crippen molar-refractivity contribution in [3.8, 4) is 0 Å². The number of nitrogens with two attached hydrogens (primary N) is 1. The van der Waals surface area contributed by atoms with Crippen molar-refractivity contribution in [3.05, 3.63) is 22.7 Å². The van der Waals surface area contributed by atoms with Crippen molar-refractivity contribution >= 4 is 17.7 Å². The Hall–Kier alpha value is -2.54. The van der Waals surface area contributed by atoms with Crippen LogP contribution in [-0.2, 0) is 19.1 Å². The molecule has 2 rings (SSSR count). The zero-order valence-corrected chi connectivity index (χ0v) is 15.8. The first kappa shape index (κ1) is 22.7. The van der Waals surface area contributed by atoms with E-state index >= 15 is 0 Å². The second-order valence-electron chi connectivity index (χ2n) is 6.72. The molecule has 0 radical (unpaired) electrons. The quantitative estimate of drug-likeness (QED) is 0.135. The van der Waals surface area contributed by atoms with E-state index in [9.17, 15) is 24.6 Å². The van der Waals surface area contributed by atoms with Crippen LogP contribution in [0.5, 0.6) is 0 Å². The van der Waals surface area contributed by atoms with Gasteiger partial charge in [-0.3, -0.25) is 19.4 Å². The van der Waals surface area contributed by atoms with Gasteiger partial charge in [0.15, 0.2) is 6.23 Å². The minimum Gasteiger partial charge on any atom is -0.463 e. The maximum absolute atomic E-state index is 11.9. The number of nitrogens with one attached hydrogen (secondary N) is 1. The van der Waals surface area contributed by atoms with Crippen LogP contribution >= 0.6 is 0 Å². The maximum atomic E-state index is 11.9. The lowest BCUT2D eigenvalue weighted by Crippen LogP contribution is -2.36. The summed E-state index contributed by atoms with van der Waals surface area (Å²) in [5.41, 5.74) is 6.23. The molecule has 1 amide bonds. The number of hydrogen-bond acceptors (Lipinski definition) is 10. The number of aliphatic hydroxyl groups excluding tert-OH is 2. The number of rotatable bonds is 10. The second kappa shape index (κ2) is 10.9. The van der Waals surface area contributed by atoms with Crippen molar-refractivity contribution in [2.75, 3.05) is 12.3 Å². The predicted molar refractivity (Wildman–Crippen MR) is 97.4 cm³/mol. The van der Waals surface area contributed by atoms with Gasteiger partial charge in [-0.05, 0) is 18.9 Å². The summed E-state index contributed by atoms with van der Waals surface area (Å²) in [6.07, 6.45) is -0.667. The molecular weight excluding hydrogens is 388 g/mol. The smallest absolute Gasteiger partial charge is 0.351 e. The van der Waals surface area contributed by atoms with Gasteiger partial charge in [0.2, 0.25) is 5.91 Å². The Kier molecular flexibility index (Phi) is 8.51. The number of amides is 1. The highest BCUT2D eigenvalue weighted by atomic mass is 16.6. The number of hydroxylamine groups is 1. The number of carbonyl (C=O) groups is 2. The Bertz CT molecular complexity index is 755. The van der Waals surface area contributed by atoms with E-state index in [1.54, 1.807) is 5.48 Å². The third-order valence-corrected chi connectivity index (χ3v) is 4.53. The summed E-state index contributed by atoms with van der Waals surface area (Å²) in [5.74, 6) is -0.920. The maximum Gasteiger partial charge on any atom is 0.351 e. The fourth-order valence-corrected chi connectivity index (χ4v) is 2.93. The van der Waals surface area contributed by atoms with Gasteiger partial charge in [0, 0.05) is 19.0 Å². The molecule has 12 heteroatoms. The SMILES string of the molecule is Nc1ccn(C2OC(COC(=O)CCCCCCC(=O)NO)C(O)C2O)c(=O)n1. The molecule has 4 unspecified atom stereocenters. The summed E-state index contributed by atoms with van der Waals surface area (Å²) in [7, 11) is 0. The first-order valence-electron chi connectivity index (χ1n) is 9.28. The molecule has 0 aliphatic carbocycles. The van der Waals surface area contributed by atoms with Crippen LogP contribution in [0.2, 0.25) is 0 Å². The number of esters is 1. The molecular formula is C17H26N4O8. The lowest BCUT2D eigenvalue weighted by molar-refractivity contribution is -0.150. The number of nitrogen functional groups attached to an aromatic ring is 1. The summed E-state index contributed by atoms with van der Waals surface area (Å²) in [6.45, 7) is -0.276. The van der Waals surface area contributed by atoms with E-state index in [2.05, 4.69) is 4.98 Å². The van der Waals surface area contributed by atoms with Gasteiger partial charge < -0.3 is 25.4 Å². The Morgan fingerprint density at radius 2 is 1.90 bits per heavy atom. The Morgan fingerprint density at radius 1 is 1.21 bits per heavy atom. The van der Waals surface area contributed by atoms with E-state index in [1.807, 2.05) is 0 Å². The van der Waals surface area contributed by atoms with Crippen LogP contribution in [0.1, 0.15) is 44.8 Å². The Labute approximate surface area is 166 Å². The molecule has 29 heavy (non-hydrogen) atoms. The fourth-order valence-electron chi connectivity index (χ4n) is 2.93. The van der Waals surface area contributed by atoms with E-state index < -0.39 is 42.1 Å². The van der Waals surface area contributed by atoms with Gasteiger partial charge in [-0.25, -0.2) is 10.3 Å². The van der Waals surface area contributed by atoms with Crippen LogP contribution in [-0.4, -0.2) is 61.8 Å². The van der Waals surface area contributed by atoms with E-state index in [1.165, 1.54) is 12.3 Å². The molecule has 0 aromatic carbocycles. The van der Waals surface area contributed by atoms with Gasteiger partial charge in [0.1, 0.15) is 30.7 Å². The van der Waals surface area contributed by atoms with Crippen molar-refractivity contribution in [1.29, 1.82) is 0 Å². The molecule has 1 fully saturated rings. The van der Waals surface area contributed by atoms with Crippen molar-refractivity contribution in [1.82, 2.24) is 15.0 Å². The topological polar surface area (TPSA) is 186 Å². The number of anilines is 1. The van der Waals surface area contributed by atoms with Crippen LogP contribution in [0.3, 0.4) is 0 Å². The standard InChI is InChI=1S/C17H26N4O8/c18-11-7-8-21(17(26)19-11)16-15(25)14(24)10(29-16)9-28-13(23)6-4-2-1-3-5-12(22)20-27/h7-8,10,14-16,24-25,27H,1-6,9H2,(H,20,22)(H2,18,19,26). The van der Waals surface area contributed by atoms with E-state index in [4.69, 9.17) is 20.4 Å². The Balaban J connectivity index is 1.73. The summed E-state index contributed by atoms with van der Waals surface area (Å²) in [5, 5.41) is 28.6. The normalized spacial score (nSPS) is 23.7. The summed E-state index contributed by atoms with van der Waals surface area (Å²) >= 11 is 0. The van der Waals surface area contributed by atoms with Gasteiger partial charge in [0.25, 0.3) is 0 Å². The summed E-state index contributed by atoms with van der Waals surface area (Å²) in [6, 6.07) is 1.35. The molecule has 6 N–H and O–H groups in total. The number of aliphatic hydroxyl groups is 2. The molecule has 162 valence electrons. The largest absolute Gasteiger partial charge is 0.463 e. The lowest BCUT2D eigenvalue weighted by Gasteiger charge is -2.16. The average Bonchev–Trinajstić information content (AvgIpc) is 2.97. The highest BCUT2D eigenvalue weighted by molar-refractivity contribution is 5.74. The lowest BCUT2D eigenvalue weighted by atomic mass is 10.1. The number of aromatic nitrogens is 2. The molecule has 0 saturated carbocycles. The number of unbranched alkanes of at least 4 members (excludes halogenated alkanes) is 3. The minimum atomic E-state index is -1.40. The molecule has 1 saturated heterocycles. The summed E-state index contributed by atoms with van der Waals surface area (Å²) < 4.78 is 11.6. The number of carbonyl (C=O) groups excluding carboxylic acids is 2. The van der Waals surface area contributed by atoms with Crippen LogP contribution < -0.4 is 16.9 Å². The predicted octanol–water partition coefficient (Wildman–Crippen LogP) is -1.17. The highest BCUT2D eigenvalue weighted by Gasteiger charge is 2.44. The van der Waals surface area contributed by atoms with Crippen LogP contribution in [0, 0.1) is 0 Å². The van der Waals surface area contributed by atoms with Crippen LogP contribution in [0.25, 0.3) is 0 Å². The highest BCUT2D eigenvalue weighted by Crippen LogP contribution is 2.28. The third kappa shape index (κ3) is 6.49. The summed E-state index contributed by atoms with van der Waals surface area (Å²) in [4.78, 5) is 38.1. The Morgan fingerprint density at radius 3 is 2.55 bits per heavy atom. The van der Waals surface area contributed by atoms with E-state index in [-0.39, 0.29) is 25.3 Å². The van der Waals surface area contributed by atoms with Crippen LogP contribution in [0.15, 0.2) is 17.1 Å². The van der Waals surface area contributed by atoms with Crippen molar-refractivity contribution in [3.63, 3.8) is 0 Å². The first-order valence-corrected chi connectivity index (χ1v) is 9.28. The molecule has 1 aromatic heterocycles. The molecule has 0 bridgehead atoms. The second-order valence-corrected chi connectivity index (χ2v) is 6.72. The number of hydrogen-bond donors (Lipinski definition) is 5. The minimum absolute atomic E-state index is 0.0152. The monoisotopic (exact) mass is 414 g/mol. The molecule has 1 aromatic rings. The zero-order chi connectivity index (χ0) is 21.4. The average molecular weight is 414 g/mol. The van der Waals surface area contributed by atoms with E-state index in [0.717, 1.165) is 11.0 Å². The molecule has 2 heterocycles. The van der Waals surface area contributed by atoms with Gasteiger partial charge >= 0.3 is 11.7 Å². The third-order valence-electron chi connectivity index (χ3n) is 4.53.